The van der Waals surface area contributed by atoms with Gasteiger partial charge in [0.15, 0.2) is 6.61 Å². The predicted octanol–water partition coefficient (Wildman–Crippen LogP) is 3.48. The molecular weight excluding hydrogens is 446 g/mol. The van der Waals surface area contributed by atoms with Gasteiger partial charge in [0.25, 0.3) is 11.8 Å². The lowest BCUT2D eigenvalue weighted by molar-refractivity contribution is -0.274. The maximum Gasteiger partial charge on any atom is 0.573 e. The normalized spacial score (nSPS) is 11.0. The zero-order valence-corrected chi connectivity index (χ0v) is 16.7. The molecule has 7 nitrogen and oxygen atoms in total. The Balaban J connectivity index is 1.58. The third-order valence-electron chi connectivity index (χ3n) is 3.67. The van der Waals surface area contributed by atoms with Crippen LogP contribution in [0.4, 0.5) is 17.6 Å². The highest BCUT2D eigenvalue weighted by Gasteiger charge is 2.31. The molecule has 2 amide bonds. The van der Waals surface area contributed by atoms with Gasteiger partial charge in [-0.2, -0.15) is 0 Å². The van der Waals surface area contributed by atoms with E-state index < -0.39 is 29.7 Å². The van der Waals surface area contributed by atoms with Gasteiger partial charge in [0.05, 0.1) is 11.2 Å². The summed E-state index contributed by atoms with van der Waals surface area (Å²) in [6.07, 6.45) is -2.95. The van der Waals surface area contributed by atoms with Crippen molar-refractivity contribution < 1.29 is 36.6 Å². The summed E-state index contributed by atoms with van der Waals surface area (Å²) in [5, 5.41) is 5.12. The smallest absolute Gasteiger partial charge is 0.484 e. The highest BCUT2D eigenvalue weighted by molar-refractivity contribution is 6.30. The zero-order chi connectivity index (χ0) is 22.9. The minimum atomic E-state index is -4.83. The van der Waals surface area contributed by atoms with Crippen LogP contribution in [-0.2, 0) is 4.79 Å². The highest BCUT2D eigenvalue weighted by Crippen LogP contribution is 2.22. The van der Waals surface area contributed by atoms with Gasteiger partial charge >= 0.3 is 6.36 Å². The van der Waals surface area contributed by atoms with Gasteiger partial charge in [-0.15, -0.1) is 13.2 Å². The molecule has 0 aliphatic heterocycles. The molecule has 0 saturated heterocycles. The highest BCUT2D eigenvalue weighted by atomic mass is 35.5. The van der Waals surface area contributed by atoms with E-state index in [1.54, 1.807) is 0 Å². The number of benzene rings is 1. The topological polar surface area (TPSA) is 89.6 Å². The largest absolute Gasteiger partial charge is 0.573 e. The summed E-state index contributed by atoms with van der Waals surface area (Å²) >= 11 is 5.55. The first-order chi connectivity index (χ1) is 14.6. The first-order valence-electron chi connectivity index (χ1n) is 8.98. The second-order valence-corrected chi connectivity index (χ2v) is 6.51. The number of halogens is 5. The number of hydrogen-bond acceptors (Lipinski definition) is 5. The number of alkyl halides is 3. The lowest BCUT2D eigenvalue weighted by atomic mass is 10.3. The molecule has 31 heavy (non-hydrogen) atoms. The van der Waals surface area contributed by atoms with Crippen molar-refractivity contribution in [1.82, 2.24) is 15.6 Å². The molecule has 0 aliphatic carbocycles. The predicted molar refractivity (Wildman–Crippen MR) is 102 cm³/mol. The molecule has 0 bridgehead atoms. The summed E-state index contributed by atoms with van der Waals surface area (Å²) in [7, 11) is 0. The molecule has 0 saturated carbocycles. The van der Waals surface area contributed by atoms with Gasteiger partial charge in [0.2, 0.25) is 0 Å². The van der Waals surface area contributed by atoms with E-state index in [-0.39, 0.29) is 29.6 Å². The minimum absolute atomic E-state index is 0.0489. The van der Waals surface area contributed by atoms with Gasteiger partial charge in [-0.25, -0.2) is 9.37 Å². The minimum Gasteiger partial charge on any atom is -0.484 e. The van der Waals surface area contributed by atoms with Crippen molar-refractivity contribution in [2.24, 2.45) is 0 Å². The molecule has 0 spiro atoms. The lowest BCUT2D eigenvalue weighted by Gasteiger charge is -2.09. The van der Waals surface area contributed by atoms with Crippen LogP contribution in [0.25, 0.3) is 0 Å². The Kier molecular flexibility index (Phi) is 8.86. The lowest BCUT2D eigenvalue weighted by Crippen LogP contribution is -2.30. The van der Waals surface area contributed by atoms with Crippen molar-refractivity contribution >= 4 is 23.4 Å². The summed E-state index contributed by atoms with van der Waals surface area (Å²) in [4.78, 5) is 27.2. The number of carbonyl (C=O) groups excluding carboxylic acids is 2. The van der Waals surface area contributed by atoms with Gasteiger partial charge < -0.3 is 20.1 Å². The van der Waals surface area contributed by atoms with Crippen LogP contribution in [0.15, 0.2) is 36.5 Å². The molecule has 1 heterocycles. The summed E-state index contributed by atoms with van der Waals surface area (Å²) in [5.41, 5.74) is -0.0568. The van der Waals surface area contributed by atoms with Gasteiger partial charge in [0.1, 0.15) is 23.0 Å². The first-order valence-corrected chi connectivity index (χ1v) is 9.36. The number of amides is 2. The Hall–Kier alpha value is -3.08. The number of carbonyl (C=O) groups is 2. The molecule has 1 aromatic carbocycles. The van der Waals surface area contributed by atoms with E-state index in [2.05, 4.69) is 20.4 Å². The Morgan fingerprint density at radius 1 is 1.03 bits per heavy atom. The summed E-state index contributed by atoms with van der Waals surface area (Å²) in [6.45, 7) is 0.310. The van der Waals surface area contributed by atoms with E-state index in [4.69, 9.17) is 16.3 Å². The molecule has 0 fully saturated rings. The van der Waals surface area contributed by atoms with Gasteiger partial charge in [-0.3, -0.25) is 9.59 Å². The summed E-state index contributed by atoms with van der Waals surface area (Å²) in [6, 6.07) is 5.93. The summed E-state index contributed by atoms with van der Waals surface area (Å²) in [5.74, 6) is -1.95. The molecule has 0 unspecified atom stereocenters. The third-order valence-corrected chi connectivity index (χ3v) is 3.98. The molecule has 2 N–H and O–H groups in total. The van der Waals surface area contributed by atoms with E-state index >= 15 is 0 Å². The van der Waals surface area contributed by atoms with E-state index in [1.165, 1.54) is 12.1 Å². The number of pyridine rings is 1. The Morgan fingerprint density at radius 2 is 1.71 bits per heavy atom. The SMILES string of the molecule is O=C(COc1ccc(Cl)c(F)c1)NCCCCNC(=O)c1ccc(OC(F)(F)F)cn1. The van der Waals surface area contributed by atoms with Gasteiger partial charge in [-0.1, -0.05) is 11.6 Å². The third kappa shape index (κ3) is 9.08. The molecule has 0 radical (unpaired) electrons. The molecular formula is C19H18ClF4N3O4. The Morgan fingerprint density at radius 3 is 2.32 bits per heavy atom. The quantitative estimate of drug-likeness (QED) is 0.416. The number of aromatic nitrogens is 1. The number of hydrogen-bond donors (Lipinski definition) is 2. The fourth-order valence-electron chi connectivity index (χ4n) is 2.25. The molecule has 0 atom stereocenters. The monoisotopic (exact) mass is 463 g/mol. The van der Waals surface area contributed by atoms with Crippen LogP contribution in [0.1, 0.15) is 23.3 Å². The van der Waals surface area contributed by atoms with Crippen LogP contribution in [-0.4, -0.2) is 42.9 Å². The van der Waals surface area contributed by atoms with E-state index in [0.717, 1.165) is 24.4 Å². The van der Waals surface area contributed by atoms with E-state index in [9.17, 15) is 27.2 Å². The number of nitrogens with one attached hydrogen (secondary N) is 2. The van der Waals surface area contributed by atoms with Crippen molar-refractivity contribution in [1.29, 1.82) is 0 Å². The van der Waals surface area contributed by atoms with Crippen molar-refractivity contribution in [3.63, 3.8) is 0 Å². The molecule has 2 rings (SSSR count). The van der Waals surface area contributed by atoms with Gasteiger partial charge in [-0.05, 0) is 37.1 Å². The van der Waals surface area contributed by atoms with Crippen molar-refractivity contribution in [3.8, 4) is 11.5 Å². The van der Waals surface area contributed by atoms with Crippen LogP contribution in [0, 0.1) is 5.82 Å². The average molecular weight is 464 g/mol. The standard InChI is InChI=1S/C19H18ClF4N3O4/c20-14-5-3-12(9-15(14)21)30-11-17(28)25-7-1-2-8-26-18(29)16-6-4-13(10-27-16)31-19(22,23)24/h3-6,9-10H,1-2,7-8,11H2,(H,25,28)(H,26,29). The fourth-order valence-corrected chi connectivity index (χ4v) is 2.36. The van der Waals surface area contributed by atoms with Gasteiger partial charge in [0, 0.05) is 19.2 Å². The number of rotatable bonds is 10. The number of unbranched alkanes of at least 4 members (excludes halogenated alkanes) is 1. The summed E-state index contributed by atoms with van der Waals surface area (Å²) < 4.78 is 58.4. The van der Waals surface area contributed by atoms with Crippen LogP contribution < -0.4 is 20.1 Å². The first kappa shape index (κ1) is 24.2. The zero-order valence-electron chi connectivity index (χ0n) is 16.0. The van der Waals surface area contributed by atoms with E-state index in [0.29, 0.717) is 19.4 Å². The second-order valence-electron chi connectivity index (χ2n) is 6.10. The van der Waals surface area contributed by atoms with Crippen LogP contribution in [0.5, 0.6) is 11.5 Å². The molecule has 1 aromatic heterocycles. The van der Waals surface area contributed by atoms with Crippen molar-refractivity contribution in [2.45, 2.75) is 19.2 Å². The van der Waals surface area contributed by atoms with Crippen LogP contribution in [0.3, 0.4) is 0 Å². The van der Waals surface area contributed by atoms with Crippen LogP contribution >= 0.6 is 11.6 Å². The Bertz CT molecular complexity index is 895. The fraction of sp³-hybridized carbons (Fsp3) is 0.316. The molecule has 168 valence electrons. The Labute approximate surface area is 179 Å². The van der Waals surface area contributed by atoms with Crippen molar-refractivity contribution in [3.05, 3.63) is 53.1 Å². The number of ether oxygens (including phenoxy) is 2. The van der Waals surface area contributed by atoms with E-state index in [1.807, 2.05) is 0 Å². The number of nitrogens with zero attached hydrogens (tertiary/aromatic N) is 1. The molecule has 0 aliphatic rings. The average Bonchev–Trinajstić information content (AvgIpc) is 2.70. The van der Waals surface area contributed by atoms with Crippen LogP contribution in [0.2, 0.25) is 5.02 Å². The molecule has 2 aromatic rings. The second kappa shape index (κ2) is 11.3. The molecule has 12 heteroatoms. The maximum atomic E-state index is 13.3. The maximum absolute atomic E-state index is 13.3. The van der Waals surface area contributed by atoms with Crippen molar-refractivity contribution in [2.75, 3.05) is 19.7 Å².